The highest BCUT2D eigenvalue weighted by Crippen LogP contribution is 2.43. The van der Waals surface area contributed by atoms with Gasteiger partial charge in [0.15, 0.2) is 9.84 Å². The molecule has 4 aromatic rings. The van der Waals surface area contributed by atoms with E-state index in [-0.39, 0.29) is 4.90 Å². The minimum absolute atomic E-state index is 0.275. The van der Waals surface area contributed by atoms with E-state index in [1.54, 1.807) is 30.5 Å². The second-order valence-electron chi connectivity index (χ2n) is 8.36. The molecule has 0 bridgehead atoms. The lowest BCUT2D eigenvalue weighted by molar-refractivity contribution is 0.589. The van der Waals surface area contributed by atoms with E-state index in [1.165, 1.54) is 11.9 Å². The second-order valence-corrected chi connectivity index (χ2v) is 10.8. The van der Waals surface area contributed by atoms with E-state index in [0.29, 0.717) is 5.02 Å². The summed E-state index contributed by atoms with van der Waals surface area (Å²) in [6.45, 7) is 3.93. The maximum absolute atomic E-state index is 12.2. The van der Waals surface area contributed by atoms with E-state index in [9.17, 15) is 8.42 Å². The lowest BCUT2D eigenvalue weighted by atomic mass is 9.98. The predicted octanol–water partition coefficient (Wildman–Crippen LogP) is 4.37. The summed E-state index contributed by atoms with van der Waals surface area (Å²) in [7, 11) is -1.38. The molecule has 1 saturated heterocycles. The zero-order valence-electron chi connectivity index (χ0n) is 18.5. The van der Waals surface area contributed by atoms with E-state index in [4.69, 9.17) is 11.6 Å². The predicted molar refractivity (Wildman–Crippen MR) is 135 cm³/mol. The van der Waals surface area contributed by atoms with Crippen molar-refractivity contribution in [2.45, 2.75) is 4.90 Å². The first-order valence-electron chi connectivity index (χ1n) is 10.8. The number of halogens is 1. The molecule has 0 unspecified atom stereocenters. The van der Waals surface area contributed by atoms with Crippen LogP contribution in [-0.2, 0) is 16.9 Å². The molecule has 0 radical (unpaired) electrons. The molecule has 33 heavy (non-hydrogen) atoms. The van der Waals surface area contributed by atoms with Gasteiger partial charge in [-0.3, -0.25) is 0 Å². The van der Waals surface area contributed by atoms with Gasteiger partial charge in [0.1, 0.15) is 5.65 Å². The third-order valence-corrected chi connectivity index (χ3v) is 7.62. The van der Waals surface area contributed by atoms with Crippen molar-refractivity contribution in [2.24, 2.45) is 7.05 Å². The monoisotopic (exact) mass is 480 g/mol. The fourth-order valence-corrected chi connectivity index (χ4v) is 5.46. The number of nitrogens with one attached hydrogen (secondary N) is 1. The Morgan fingerprint density at radius 3 is 2.42 bits per heavy atom. The van der Waals surface area contributed by atoms with Gasteiger partial charge in [-0.05, 0) is 41.5 Å². The topological polar surface area (TPSA) is 67.2 Å². The van der Waals surface area contributed by atoms with E-state index in [1.807, 2.05) is 17.7 Å². The number of aromatic nitrogens is 2. The summed E-state index contributed by atoms with van der Waals surface area (Å²) in [5.41, 5.74) is 5.58. The van der Waals surface area contributed by atoms with Gasteiger partial charge in [-0.2, -0.15) is 0 Å². The van der Waals surface area contributed by atoms with Gasteiger partial charge in [-0.1, -0.05) is 35.9 Å². The third-order valence-electron chi connectivity index (χ3n) is 6.19. The molecule has 8 heteroatoms. The van der Waals surface area contributed by atoms with E-state index < -0.39 is 9.84 Å². The molecule has 5 rings (SSSR count). The molecule has 0 saturated carbocycles. The van der Waals surface area contributed by atoms with Crippen molar-refractivity contribution in [2.75, 3.05) is 37.3 Å². The quantitative estimate of drug-likeness (QED) is 0.469. The molecule has 6 nitrogen and oxygen atoms in total. The number of rotatable bonds is 4. The number of pyridine rings is 1. The van der Waals surface area contributed by atoms with Crippen LogP contribution in [0.25, 0.3) is 33.4 Å². The third kappa shape index (κ3) is 4.01. The number of hydrogen-bond donors (Lipinski definition) is 1. The van der Waals surface area contributed by atoms with Gasteiger partial charge in [0.2, 0.25) is 0 Å². The molecule has 0 spiro atoms. The summed E-state index contributed by atoms with van der Waals surface area (Å²) in [5.74, 6) is 0. The first-order chi connectivity index (χ1) is 15.8. The molecule has 1 aliphatic rings. The van der Waals surface area contributed by atoms with Crippen LogP contribution < -0.4 is 10.2 Å². The highest BCUT2D eigenvalue weighted by molar-refractivity contribution is 7.90. The number of aryl methyl sites for hydroxylation is 1. The SMILES string of the molecule is Cn1c(-c2ccc(N3CCNCC3)cc2)c(-c2cccc(S(C)(=O)=O)c2)c2c(Cl)ccnc21. The first kappa shape index (κ1) is 21.9. The summed E-state index contributed by atoms with van der Waals surface area (Å²) < 4.78 is 26.5. The molecule has 2 aromatic carbocycles. The lowest BCUT2D eigenvalue weighted by Gasteiger charge is -2.29. The maximum Gasteiger partial charge on any atom is 0.175 e. The van der Waals surface area contributed by atoms with Crippen molar-refractivity contribution in [1.29, 1.82) is 0 Å². The molecule has 2 aromatic heterocycles. The van der Waals surface area contributed by atoms with Gasteiger partial charge in [-0.25, -0.2) is 13.4 Å². The lowest BCUT2D eigenvalue weighted by Crippen LogP contribution is -2.43. The van der Waals surface area contributed by atoms with Crippen molar-refractivity contribution < 1.29 is 8.42 Å². The van der Waals surface area contributed by atoms with Crippen molar-refractivity contribution >= 4 is 38.2 Å². The van der Waals surface area contributed by atoms with Crippen molar-refractivity contribution in [3.8, 4) is 22.4 Å². The van der Waals surface area contributed by atoms with Crippen molar-refractivity contribution in [1.82, 2.24) is 14.9 Å². The van der Waals surface area contributed by atoms with E-state index in [2.05, 4.69) is 39.5 Å². The van der Waals surface area contributed by atoms with Crippen LogP contribution in [0.2, 0.25) is 5.02 Å². The molecule has 0 amide bonds. The number of sulfone groups is 1. The molecule has 3 heterocycles. The van der Waals surface area contributed by atoms with Crippen LogP contribution in [0.5, 0.6) is 0 Å². The van der Waals surface area contributed by atoms with Crippen LogP contribution in [0.1, 0.15) is 0 Å². The zero-order chi connectivity index (χ0) is 23.2. The Labute approximate surface area is 198 Å². The summed E-state index contributed by atoms with van der Waals surface area (Å²) in [6, 6.07) is 17.3. The Morgan fingerprint density at radius 2 is 1.73 bits per heavy atom. The van der Waals surface area contributed by atoms with Crippen LogP contribution in [0.4, 0.5) is 5.69 Å². The Bertz CT molecular complexity index is 1440. The number of anilines is 1. The molecule has 0 aliphatic carbocycles. The fraction of sp³-hybridized carbons (Fsp3) is 0.240. The zero-order valence-corrected chi connectivity index (χ0v) is 20.1. The number of benzene rings is 2. The molecule has 170 valence electrons. The van der Waals surface area contributed by atoms with E-state index in [0.717, 1.165) is 59.6 Å². The Morgan fingerprint density at radius 1 is 1.00 bits per heavy atom. The highest BCUT2D eigenvalue weighted by Gasteiger charge is 2.22. The molecule has 1 fully saturated rings. The maximum atomic E-state index is 12.2. The van der Waals surface area contributed by atoms with Gasteiger partial charge in [-0.15, -0.1) is 0 Å². The van der Waals surface area contributed by atoms with E-state index >= 15 is 0 Å². The molecule has 1 aliphatic heterocycles. The standard InChI is InChI=1S/C25H25ClN4O2S/c1-29-24(17-6-8-19(9-7-17)30-14-12-27-13-15-30)22(23-21(26)10-11-28-25(23)29)18-4-3-5-20(16-18)33(2,31)32/h3-11,16,27H,12-15H2,1-2H3. The van der Waals surface area contributed by atoms with Crippen LogP contribution in [-0.4, -0.2) is 50.4 Å². The molecular weight excluding hydrogens is 456 g/mol. The van der Waals surface area contributed by atoms with Gasteiger partial charge in [0.25, 0.3) is 0 Å². The summed E-state index contributed by atoms with van der Waals surface area (Å²) in [6.07, 6.45) is 2.91. The normalized spacial score (nSPS) is 14.7. The Kier molecular flexibility index (Phi) is 5.64. The summed E-state index contributed by atoms with van der Waals surface area (Å²) in [4.78, 5) is 7.23. The number of piperazine rings is 1. The number of fused-ring (bicyclic) bond motifs is 1. The molecule has 0 atom stereocenters. The average molecular weight is 481 g/mol. The second kappa shape index (κ2) is 8.48. The number of hydrogen-bond acceptors (Lipinski definition) is 5. The molecule has 1 N–H and O–H groups in total. The minimum atomic E-state index is -3.35. The molecular formula is C25H25ClN4O2S. The number of nitrogens with zero attached hydrogens (tertiary/aromatic N) is 3. The highest BCUT2D eigenvalue weighted by atomic mass is 35.5. The average Bonchev–Trinajstić information content (AvgIpc) is 3.13. The van der Waals surface area contributed by atoms with Gasteiger partial charge < -0.3 is 14.8 Å². The first-order valence-corrected chi connectivity index (χ1v) is 13.1. The van der Waals surface area contributed by atoms with Crippen LogP contribution in [0, 0.1) is 0 Å². The minimum Gasteiger partial charge on any atom is -0.369 e. The van der Waals surface area contributed by atoms with Gasteiger partial charge in [0.05, 0.1) is 15.6 Å². The van der Waals surface area contributed by atoms with Crippen LogP contribution in [0.15, 0.2) is 65.7 Å². The van der Waals surface area contributed by atoms with Crippen LogP contribution in [0.3, 0.4) is 0 Å². The summed E-state index contributed by atoms with van der Waals surface area (Å²) >= 11 is 6.66. The van der Waals surface area contributed by atoms with Gasteiger partial charge >= 0.3 is 0 Å². The smallest absolute Gasteiger partial charge is 0.175 e. The van der Waals surface area contributed by atoms with Crippen molar-refractivity contribution in [3.63, 3.8) is 0 Å². The van der Waals surface area contributed by atoms with Gasteiger partial charge in [0, 0.05) is 62.3 Å². The largest absolute Gasteiger partial charge is 0.369 e. The summed E-state index contributed by atoms with van der Waals surface area (Å²) in [5, 5.41) is 4.78. The van der Waals surface area contributed by atoms with Crippen molar-refractivity contribution in [3.05, 3.63) is 65.8 Å². The fourth-order valence-electron chi connectivity index (χ4n) is 4.56. The Balaban J connectivity index is 1.72. The van der Waals surface area contributed by atoms with Crippen LogP contribution >= 0.6 is 11.6 Å². The Hall–Kier alpha value is -2.87.